The number of rotatable bonds is 9. The van der Waals surface area contributed by atoms with Crippen molar-refractivity contribution in [2.45, 2.75) is 52.5 Å². The number of para-hydroxylation sites is 1. The third kappa shape index (κ3) is 5.54. The van der Waals surface area contributed by atoms with Gasteiger partial charge in [-0.15, -0.1) is 0 Å². The monoisotopic (exact) mass is 438 g/mol. The lowest BCUT2D eigenvalue weighted by Gasteiger charge is -2.18. The Labute approximate surface area is 197 Å². The van der Waals surface area contributed by atoms with Gasteiger partial charge in [-0.25, -0.2) is 0 Å². The van der Waals surface area contributed by atoms with Gasteiger partial charge < -0.3 is 9.88 Å². The molecule has 1 N–H and O–H groups in total. The van der Waals surface area contributed by atoms with E-state index < -0.39 is 0 Å². The topological polar surface area (TPSA) is 34.0 Å². The second kappa shape index (κ2) is 10.5. The SMILES string of the molecule is CCCCNC(=O)CC(c1cccc(C)c1)c1cn(Cc2ccc(C)cc2)c2ccccc12. The van der Waals surface area contributed by atoms with Gasteiger partial charge in [0, 0.05) is 42.5 Å². The normalized spacial score (nSPS) is 12.1. The fourth-order valence-corrected chi connectivity index (χ4v) is 4.53. The summed E-state index contributed by atoms with van der Waals surface area (Å²) >= 11 is 0. The minimum absolute atomic E-state index is 0.00990. The summed E-state index contributed by atoms with van der Waals surface area (Å²) in [7, 11) is 0. The summed E-state index contributed by atoms with van der Waals surface area (Å²) in [5.74, 6) is 0.126. The molecular weight excluding hydrogens is 404 g/mol. The van der Waals surface area contributed by atoms with Crippen LogP contribution in [0.2, 0.25) is 0 Å². The number of carbonyl (C=O) groups is 1. The Morgan fingerprint density at radius 3 is 2.48 bits per heavy atom. The first kappa shape index (κ1) is 22.8. The van der Waals surface area contributed by atoms with Crippen molar-refractivity contribution in [1.82, 2.24) is 9.88 Å². The average Bonchev–Trinajstić information content (AvgIpc) is 3.17. The molecule has 0 spiro atoms. The Kier molecular flexibility index (Phi) is 7.29. The van der Waals surface area contributed by atoms with Gasteiger partial charge >= 0.3 is 0 Å². The van der Waals surface area contributed by atoms with E-state index in [1.54, 1.807) is 0 Å². The summed E-state index contributed by atoms with van der Waals surface area (Å²) in [5, 5.41) is 4.34. The van der Waals surface area contributed by atoms with Crippen LogP contribution in [0, 0.1) is 13.8 Å². The molecule has 0 radical (unpaired) electrons. The number of carbonyl (C=O) groups excluding carboxylic acids is 1. The summed E-state index contributed by atoms with van der Waals surface area (Å²) in [6.07, 6.45) is 4.80. The minimum atomic E-state index is 0.00990. The highest BCUT2D eigenvalue weighted by Gasteiger charge is 2.23. The quantitative estimate of drug-likeness (QED) is 0.288. The van der Waals surface area contributed by atoms with Gasteiger partial charge in [-0.05, 0) is 43.0 Å². The average molecular weight is 439 g/mol. The zero-order chi connectivity index (χ0) is 23.2. The first-order valence-electron chi connectivity index (χ1n) is 12.0. The van der Waals surface area contributed by atoms with E-state index in [9.17, 15) is 4.79 Å². The molecule has 3 aromatic carbocycles. The Hall–Kier alpha value is -3.33. The van der Waals surface area contributed by atoms with E-state index in [0.717, 1.165) is 25.9 Å². The van der Waals surface area contributed by atoms with Gasteiger partial charge in [0.05, 0.1) is 0 Å². The molecule has 4 rings (SSSR count). The molecule has 33 heavy (non-hydrogen) atoms. The van der Waals surface area contributed by atoms with Gasteiger partial charge in [-0.3, -0.25) is 4.79 Å². The molecular formula is C30H34N2O. The largest absolute Gasteiger partial charge is 0.356 e. The Bertz CT molecular complexity index is 1220. The van der Waals surface area contributed by atoms with Gasteiger partial charge in [0.2, 0.25) is 5.91 Å². The summed E-state index contributed by atoms with van der Waals surface area (Å²) in [5.41, 5.74) is 7.37. The summed E-state index contributed by atoms with van der Waals surface area (Å²) < 4.78 is 2.33. The number of aryl methyl sites for hydroxylation is 2. The molecule has 170 valence electrons. The molecule has 0 aliphatic heterocycles. The van der Waals surface area contributed by atoms with Crippen molar-refractivity contribution < 1.29 is 4.79 Å². The molecule has 0 saturated carbocycles. The van der Waals surface area contributed by atoms with Crippen LogP contribution in [-0.2, 0) is 11.3 Å². The van der Waals surface area contributed by atoms with E-state index in [1.807, 2.05) is 0 Å². The number of benzene rings is 3. The zero-order valence-electron chi connectivity index (χ0n) is 20.0. The smallest absolute Gasteiger partial charge is 0.220 e. The van der Waals surface area contributed by atoms with Crippen LogP contribution in [0.3, 0.4) is 0 Å². The van der Waals surface area contributed by atoms with Gasteiger partial charge in [0.1, 0.15) is 0 Å². The fraction of sp³-hybridized carbons (Fsp3) is 0.300. The van der Waals surface area contributed by atoms with Gasteiger partial charge in [0.15, 0.2) is 0 Å². The number of amides is 1. The number of unbranched alkanes of at least 4 members (excludes halogenated alkanes) is 1. The molecule has 1 atom stereocenters. The predicted octanol–water partition coefficient (Wildman–Crippen LogP) is 6.74. The van der Waals surface area contributed by atoms with Crippen LogP contribution in [0.1, 0.15) is 59.9 Å². The van der Waals surface area contributed by atoms with E-state index in [0.29, 0.717) is 6.42 Å². The number of hydrogen-bond acceptors (Lipinski definition) is 1. The first-order valence-corrected chi connectivity index (χ1v) is 12.0. The maximum absolute atomic E-state index is 12.9. The highest BCUT2D eigenvalue weighted by molar-refractivity contribution is 5.86. The molecule has 0 aliphatic rings. The van der Waals surface area contributed by atoms with E-state index in [-0.39, 0.29) is 11.8 Å². The maximum Gasteiger partial charge on any atom is 0.220 e. The number of nitrogens with one attached hydrogen (secondary N) is 1. The van der Waals surface area contributed by atoms with E-state index in [2.05, 4.69) is 110 Å². The second-order valence-corrected chi connectivity index (χ2v) is 9.09. The molecule has 1 heterocycles. The van der Waals surface area contributed by atoms with Crippen molar-refractivity contribution in [3.8, 4) is 0 Å². The van der Waals surface area contributed by atoms with Crippen LogP contribution in [0.15, 0.2) is 79.0 Å². The van der Waals surface area contributed by atoms with Crippen molar-refractivity contribution in [3.63, 3.8) is 0 Å². The summed E-state index contributed by atoms with van der Waals surface area (Å²) in [6.45, 7) is 7.92. The Morgan fingerprint density at radius 1 is 0.939 bits per heavy atom. The molecule has 0 bridgehead atoms. The lowest BCUT2D eigenvalue weighted by molar-refractivity contribution is -0.121. The molecule has 3 nitrogen and oxygen atoms in total. The molecule has 1 amide bonds. The molecule has 0 aliphatic carbocycles. The van der Waals surface area contributed by atoms with Crippen LogP contribution in [-0.4, -0.2) is 17.0 Å². The third-order valence-corrected chi connectivity index (χ3v) is 6.35. The molecule has 3 heteroatoms. The van der Waals surface area contributed by atoms with E-state index in [4.69, 9.17) is 0 Å². The second-order valence-electron chi connectivity index (χ2n) is 9.09. The highest BCUT2D eigenvalue weighted by Crippen LogP contribution is 2.35. The predicted molar refractivity (Wildman–Crippen MR) is 138 cm³/mol. The Balaban J connectivity index is 1.74. The number of nitrogens with zero attached hydrogens (tertiary/aromatic N) is 1. The minimum Gasteiger partial charge on any atom is -0.356 e. The van der Waals surface area contributed by atoms with Crippen molar-refractivity contribution in [2.24, 2.45) is 0 Å². The van der Waals surface area contributed by atoms with Crippen LogP contribution < -0.4 is 5.32 Å². The maximum atomic E-state index is 12.9. The summed E-state index contributed by atoms with van der Waals surface area (Å²) in [6, 6.07) is 25.9. The van der Waals surface area contributed by atoms with Crippen LogP contribution >= 0.6 is 0 Å². The molecule has 0 saturated heterocycles. The third-order valence-electron chi connectivity index (χ3n) is 6.35. The first-order chi connectivity index (χ1) is 16.0. The zero-order valence-corrected chi connectivity index (χ0v) is 20.0. The van der Waals surface area contributed by atoms with Crippen molar-refractivity contribution in [1.29, 1.82) is 0 Å². The fourth-order valence-electron chi connectivity index (χ4n) is 4.53. The van der Waals surface area contributed by atoms with Crippen molar-refractivity contribution in [2.75, 3.05) is 6.54 Å². The van der Waals surface area contributed by atoms with E-state index in [1.165, 1.54) is 38.7 Å². The molecule has 0 fully saturated rings. The number of fused-ring (bicyclic) bond motifs is 1. The van der Waals surface area contributed by atoms with Crippen LogP contribution in [0.25, 0.3) is 10.9 Å². The standard InChI is InChI=1S/C30H34N2O/c1-4-5-17-31-30(33)19-27(25-10-8-9-23(3)18-25)28-21-32(29-12-7-6-11-26(28)29)20-24-15-13-22(2)14-16-24/h6-16,18,21,27H,4-5,17,19-20H2,1-3H3,(H,31,33). The van der Waals surface area contributed by atoms with E-state index >= 15 is 0 Å². The number of aromatic nitrogens is 1. The van der Waals surface area contributed by atoms with Crippen molar-refractivity contribution in [3.05, 3.63) is 107 Å². The van der Waals surface area contributed by atoms with Gasteiger partial charge in [-0.1, -0.05) is 91.2 Å². The van der Waals surface area contributed by atoms with Crippen LogP contribution in [0.5, 0.6) is 0 Å². The summed E-state index contributed by atoms with van der Waals surface area (Å²) in [4.78, 5) is 12.9. The number of hydrogen-bond donors (Lipinski definition) is 1. The van der Waals surface area contributed by atoms with Crippen LogP contribution in [0.4, 0.5) is 0 Å². The van der Waals surface area contributed by atoms with Gasteiger partial charge in [0.25, 0.3) is 0 Å². The lowest BCUT2D eigenvalue weighted by Crippen LogP contribution is -2.26. The van der Waals surface area contributed by atoms with Crippen molar-refractivity contribution >= 4 is 16.8 Å². The molecule has 1 aromatic heterocycles. The lowest BCUT2D eigenvalue weighted by atomic mass is 9.87. The Morgan fingerprint density at radius 2 is 1.73 bits per heavy atom. The highest BCUT2D eigenvalue weighted by atomic mass is 16.1. The molecule has 1 unspecified atom stereocenters. The molecule has 4 aromatic rings. The van der Waals surface area contributed by atoms with Gasteiger partial charge in [-0.2, -0.15) is 0 Å².